The quantitative estimate of drug-likeness (QED) is 0.0173. The molecule has 0 bridgehead atoms. The minimum Gasteiger partial charge on any atom is -0.434 e. The summed E-state index contributed by atoms with van der Waals surface area (Å²) in [6.07, 6.45) is 13.3. The molecule has 1 aromatic carbocycles. The Bertz CT molecular complexity index is 1260. The number of carbonyl (C=O) groups excluding carboxylic acids is 2. The van der Waals surface area contributed by atoms with Crippen molar-refractivity contribution in [2.45, 2.75) is 194 Å². The van der Waals surface area contributed by atoms with Gasteiger partial charge in [0.05, 0.1) is 41.8 Å². The van der Waals surface area contributed by atoms with Gasteiger partial charge in [-0.15, -0.1) is 0 Å². The van der Waals surface area contributed by atoms with Crippen LogP contribution in [0.3, 0.4) is 0 Å². The number of Topliss-reactive ketones (excluding diaryl/α,β-unsaturated/α-hetero) is 1. The summed E-state index contributed by atoms with van der Waals surface area (Å²) in [5.41, 5.74) is 1.69. The van der Waals surface area contributed by atoms with E-state index in [4.69, 9.17) is 18.6 Å². The van der Waals surface area contributed by atoms with Crippen molar-refractivity contribution in [1.82, 2.24) is 0 Å². The number of benzene rings is 1. The first-order valence-electron chi connectivity index (χ1n) is 21.4. The van der Waals surface area contributed by atoms with E-state index < -0.39 is 44.8 Å². The Balaban J connectivity index is 2.10. The third kappa shape index (κ3) is 13.1. The predicted octanol–water partition coefficient (Wildman–Crippen LogP) is 12.7. The van der Waals surface area contributed by atoms with Crippen molar-refractivity contribution in [2.24, 2.45) is 0 Å². The van der Waals surface area contributed by atoms with Gasteiger partial charge in [0.25, 0.3) is 5.69 Å². The van der Waals surface area contributed by atoms with Gasteiger partial charge in [-0.05, 0) is 62.1 Å². The van der Waals surface area contributed by atoms with Crippen LogP contribution in [0, 0.1) is 10.1 Å². The maximum Gasteiger partial charge on any atom is 0.508 e. The molecule has 2 unspecified atom stereocenters. The summed E-state index contributed by atoms with van der Waals surface area (Å²) in [4.78, 5) is 38.3. The molecular formula is C43H77NO8PSi+. The highest BCUT2D eigenvalue weighted by Crippen LogP contribution is 2.61. The normalized spacial score (nSPS) is 19.8. The van der Waals surface area contributed by atoms with E-state index in [1.165, 1.54) is 69.2 Å². The van der Waals surface area contributed by atoms with Crippen molar-refractivity contribution in [3.8, 4) is 0 Å². The smallest absolute Gasteiger partial charge is 0.434 e. The van der Waals surface area contributed by atoms with Gasteiger partial charge in [0, 0.05) is 36.8 Å². The highest BCUT2D eigenvalue weighted by molar-refractivity contribution is 7.75. The van der Waals surface area contributed by atoms with Crippen LogP contribution in [0.1, 0.15) is 169 Å². The molecular weight excluding hydrogens is 718 g/mol. The molecule has 0 amide bonds. The number of ketones is 1. The number of carbonyl (C=O) groups is 2. The van der Waals surface area contributed by atoms with Gasteiger partial charge in [-0.1, -0.05) is 108 Å². The fourth-order valence-electron chi connectivity index (χ4n) is 8.94. The number of ether oxygens (including phenoxy) is 3. The molecule has 11 heteroatoms. The van der Waals surface area contributed by atoms with Crippen LogP contribution in [0.25, 0.3) is 0 Å². The fourth-order valence-corrected chi connectivity index (χ4v) is 19.7. The fraction of sp³-hybridized carbons (Fsp3) is 0.814. The Morgan fingerprint density at radius 2 is 1.37 bits per heavy atom. The topological polar surface area (TPSA) is 114 Å². The molecule has 5 atom stereocenters. The van der Waals surface area contributed by atoms with Crippen molar-refractivity contribution in [2.75, 3.05) is 31.3 Å². The van der Waals surface area contributed by atoms with E-state index in [-0.39, 0.29) is 30.3 Å². The summed E-state index contributed by atoms with van der Waals surface area (Å²) in [5, 5.41) is 12.2. The Hall–Kier alpha value is -1.87. The molecule has 1 fully saturated rings. The molecule has 0 aromatic heterocycles. The molecule has 0 N–H and O–H groups in total. The number of nitro benzene ring substituents is 1. The van der Waals surface area contributed by atoms with Crippen molar-refractivity contribution in [3.05, 3.63) is 39.4 Å². The average molecular weight is 795 g/mol. The van der Waals surface area contributed by atoms with Gasteiger partial charge in [0.15, 0.2) is 11.9 Å². The number of hydrogen-bond donors (Lipinski definition) is 0. The summed E-state index contributed by atoms with van der Waals surface area (Å²) in [7, 11) is -3.34. The van der Waals surface area contributed by atoms with Crippen LogP contribution < -0.4 is 0 Å². The van der Waals surface area contributed by atoms with Crippen LogP contribution in [0.5, 0.6) is 0 Å². The Morgan fingerprint density at radius 3 is 1.85 bits per heavy atom. The Kier molecular flexibility index (Phi) is 20.9. The molecule has 2 rings (SSSR count). The number of hydrogen-bond acceptors (Lipinski definition) is 8. The van der Waals surface area contributed by atoms with Crippen LogP contribution in [-0.2, 0) is 18.6 Å². The van der Waals surface area contributed by atoms with Crippen LogP contribution >= 0.6 is 7.26 Å². The number of rotatable bonds is 26. The van der Waals surface area contributed by atoms with Crippen LogP contribution in [0.4, 0.5) is 10.5 Å². The van der Waals surface area contributed by atoms with Crippen molar-refractivity contribution in [1.29, 1.82) is 0 Å². The zero-order chi connectivity index (χ0) is 40.6. The summed E-state index contributed by atoms with van der Waals surface area (Å²) >= 11 is 0. The highest BCUT2D eigenvalue weighted by atomic mass is 31.2. The van der Waals surface area contributed by atoms with E-state index in [9.17, 15) is 19.7 Å². The van der Waals surface area contributed by atoms with E-state index in [1.54, 1.807) is 19.1 Å². The van der Waals surface area contributed by atoms with E-state index in [2.05, 4.69) is 62.3 Å². The lowest BCUT2D eigenvalue weighted by Gasteiger charge is -2.45. The average Bonchev–Trinajstić information content (AvgIpc) is 3.43. The second-order valence-corrected chi connectivity index (χ2v) is 26.8. The third-order valence-corrected chi connectivity index (χ3v) is 23.2. The van der Waals surface area contributed by atoms with Gasteiger partial charge < -0.3 is 18.6 Å². The molecule has 310 valence electrons. The zero-order valence-electron chi connectivity index (χ0n) is 36.1. The van der Waals surface area contributed by atoms with Gasteiger partial charge in [0.2, 0.25) is 8.32 Å². The molecule has 1 aromatic rings. The maximum atomic E-state index is 13.3. The summed E-state index contributed by atoms with van der Waals surface area (Å²) in [6.45, 7) is 25.8. The van der Waals surface area contributed by atoms with E-state index >= 15 is 0 Å². The van der Waals surface area contributed by atoms with Gasteiger partial charge in [0.1, 0.15) is 12.7 Å². The zero-order valence-corrected chi connectivity index (χ0v) is 38.0. The lowest BCUT2D eigenvalue weighted by atomic mass is 9.96. The molecule has 1 aliphatic heterocycles. The van der Waals surface area contributed by atoms with E-state index in [1.807, 2.05) is 13.8 Å². The van der Waals surface area contributed by atoms with Crippen molar-refractivity contribution in [3.63, 3.8) is 0 Å². The second kappa shape index (κ2) is 23.4. The highest BCUT2D eigenvalue weighted by Gasteiger charge is 2.53. The standard InChI is InChI=1S/C43H77NO8PSi/c1-13-17-25-53(26-18-14-2,27-19-15-3)28-21-20-22-39(45)36-23-24-37(38(29-36)44(47)48)34(11)30-49-43(46)51-42-40(16-4)50-35(12)41(42)52-54(31(5)6,32(7)8)33(9)10/h23-24,29,31-35,40-42H,13-22,25-28,30H2,1-12H3/q+1/t34?,35-,40+,41?,42-/m0/s1. The Labute approximate surface area is 330 Å². The molecule has 1 heterocycles. The van der Waals surface area contributed by atoms with Crippen LogP contribution in [0.15, 0.2) is 18.2 Å². The van der Waals surface area contributed by atoms with Gasteiger partial charge in [-0.25, -0.2) is 4.79 Å². The molecule has 1 aliphatic rings. The lowest BCUT2D eigenvalue weighted by molar-refractivity contribution is -0.385. The summed E-state index contributed by atoms with van der Waals surface area (Å²) < 4.78 is 24.9. The molecule has 1 saturated heterocycles. The molecule has 0 spiro atoms. The number of nitrogens with zero attached hydrogens (tertiary/aromatic N) is 1. The third-order valence-electron chi connectivity index (χ3n) is 12.0. The van der Waals surface area contributed by atoms with Crippen molar-refractivity contribution >= 4 is 33.2 Å². The molecule has 0 aliphatic carbocycles. The lowest BCUT2D eigenvalue weighted by Crippen LogP contribution is -2.54. The number of nitro groups is 1. The van der Waals surface area contributed by atoms with Crippen LogP contribution in [0.2, 0.25) is 16.6 Å². The van der Waals surface area contributed by atoms with E-state index in [0.717, 1.165) is 12.8 Å². The summed E-state index contributed by atoms with van der Waals surface area (Å²) in [5.74, 6) is -0.560. The molecule has 0 radical (unpaired) electrons. The molecule has 54 heavy (non-hydrogen) atoms. The molecule has 9 nitrogen and oxygen atoms in total. The van der Waals surface area contributed by atoms with Gasteiger partial charge >= 0.3 is 6.16 Å². The Morgan fingerprint density at radius 1 is 0.833 bits per heavy atom. The van der Waals surface area contributed by atoms with Gasteiger partial charge in [-0.3, -0.25) is 14.9 Å². The predicted molar refractivity (Wildman–Crippen MR) is 228 cm³/mol. The SMILES string of the molecule is CCCC[P+](CCCC)(CCCC)CCCCC(=O)c1ccc(C(C)COC(=O)O[C@@H]2C(O[Si](C(C)C)(C(C)C)C(C)C)[C@H](C)O[C@@H]2CC)c([N+](=O)[O-])c1. The van der Waals surface area contributed by atoms with Crippen molar-refractivity contribution < 1.29 is 33.1 Å². The first kappa shape index (κ1) is 48.3. The van der Waals surface area contributed by atoms with Gasteiger partial charge in [-0.2, -0.15) is 0 Å². The van der Waals surface area contributed by atoms with Crippen LogP contribution in [-0.4, -0.2) is 80.8 Å². The minimum absolute atomic E-state index is 0.0634. The first-order chi connectivity index (χ1) is 25.5. The monoisotopic (exact) mass is 795 g/mol. The maximum absolute atomic E-state index is 13.3. The molecule has 0 saturated carbocycles. The first-order valence-corrected chi connectivity index (χ1v) is 26.0. The van der Waals surface area contributed by atoms with E-state index in [0.29, 0.717) is 40.6 Å². The largest absolute Gasteiger partial charge is 0.508 e. The second-order valence-electron chi connectivity index (χ2n) is 16.9. The number of unbranched alkanes of at least 4 members (excludes halogenated alkanes) is 4. The minimum atomic E-state index is -2.31. The summed E-state index contributed by atoms with van der Waals surface area (Å²) in [6, 6.07) is 4.71.